The molecule has 2 bridgehead atoms. The van der Waals surface area contributed by atoms with E-state index in [-0.39, 0.29) is 0 Å². The van der Waals surface area contributed by atoms with Crippen molar-refractivity contribution in [1.82, 2.24) is 4.90 Å². The van der Waals surface area contributed by atoms with Crippen molar-refractivity contribution in [1.29, 1.82) is 0 Å². The number of benzene rings is 1. The van der Waals surface area contributed by atoms with Gasteiger partial charge in [0.25, 0.3) is 0 Å². The maximum Gasteiger partial charge on any atom is 0.0196 e. The van der Waals surface area contributed by atoms with Crippen LogP contribution < -0.4 is 0 Å². The third-order valence-corrected chi connectivity index (χ3v) is 5.76. The summed E-state index contributed by atoms with van der Waals surface area (Å²) in [5.74, 6) is 1.65. The molecule has 1 heteroatoms. The molecule has 1 aromatic carbocycles. The van der Waals surface area contributed by atoms with Gasteiger partial charge in [0, 0.05) is 18.0 Å². The zero-order valence-corrected chi connectivity index (χ0v) is 10.8. The van der Waals surface area contributed by atoms with Crippen molar-refractivity contribution >= 4 is 0 Å². The van der Waals surface area contributed by atoms with Crippen LogP contribution in [-0.2, 0) is 5.41 Å². The van der Waals surface area contributed by atoms with Gasteiger partial charge in [0.1, 0.15) is 0 Å². The Hall–Kier alpha value is -0.820. The van der Waals surface area contributed by atoms with E-state index in [9.17, 15) is 0 Å². The third-order valence-electron chi connectivity index (χ3n) is 5.76. The predicted octanol–water partition coefficient (Wildman–Crippen LogP) is 3.16. The van der Waals surface area contributed by atoms with Crippen LogP contribution in [0.5, 0.6) is 0 Å². The van der Waals surface area contributed by atoms with Crippen LogP contribution >= 0.6 is 0 Å². The molecule has 4 rings (SSSR count). The summed E-state index contributed by atoms with van der Waals surface area (Å²) in [4.78, 5) is 2.76. The molecule has 17 heavy (non-hydrogen) atoms. The van der Waals surface area contributed by atoms with Crippen LogP contribution in [0.15, 0.2) is 24.3 Å². The molecule has 0 saturated carbocycles. The van der Waals surface area contributed by atoms with E-state index in [1.54, 1.807) is 11.1 Å². The summed E-state index contributed by atoms with van der Waals surface area (Å²) in [7, 11) is 0. The van der Waals surface area contributed by atoms with Gasteiger partial charge in [-0.25, -0.2) is 0 Å². The molecule has 1 aliphatic carbocycles. The molecule has 0 radical (unpaired) electrons. The molecule has 4 atom stereocenters. The number of nitrogens with zero attached hydrogens (tertiary/aromatic N) is 1. The molecule has 90 valence electrons. The Morgan fingerprint density at radius 3 is 3.00 bits per heavy atom. The second kappa shape index (κ2) is 3.14. The molecule has 0 aromatic heterocycles. The fourth-order valence-electron chi connectivity index (χ4n) is 4.79. The van der Waals surface area contributed by atoms with Crippen LogP contribution in [0.25, 0.3) is 0 Å². The number of fused-ring (bicyclic) bond motifs is 4. The second-order valence-electron chi connectivity index (χ2n) is 6.58. The first-order valence-corrected chi connectivity index (χ1v) is 7.03. The molecule has 0 N–H and O–H groups in total. The molecule has 0 amide bonds. The maximum absolute atomic E-state index is 2.76. The smallest absolute Gasteiger partial charge is 0.0196 e. The monoisotopic (exact) mass is 227 g/mol. The molecule has 0 unspecified atom stereocenters. The summed E-state index contributed by atoms with van der Waals surface area (Å²) in [6, 6.07) is 10.1. The van der Waals surface area contributed by atoms with Crippen molar-refractivity contribution in [3.05, 3.63) is 35.4 Å². The molecule has 1 nitrogen and oxygen atoms in total. The van der Waals surface area contributed by atoms with Gasteiger partial charge in [-0.15, -0.1) is 0 Å². The first-order chi connectivity index (χ1) is 8.20. The van der Waals surface area contributed by atoms with Crippen LogP contribution in [0, 0.1) is 5.92 Å². The van der Waals surface area contributed by atoms with Gasteiger partial charge in [-0.3, -0.25) is 4.90 Å². The normalized spacial score (nSPS) is 43.5. The van der Waals surface area contributed by atoms with Crippen molar-refractivity contribution in [2.24, 2.45) is 5.92 Å². The van der Waals surface area contributed by atoms with E-state index in [0.717, 1.165) is 17.9 Å². The zero-order valence-electron chi connectivity index (χ0n) is 10.8. The van der Waals surface area contributed by atoms with Crippen molar-refractivity contribution in [3.63, 3.8) is 0 Å². The average molecular weight is 227 g/mol. The summed E-state index contributed by atoms with van der Waals surface area (Å²) in [6.45, 7) is 7.58. The van der Waals surface area contributed by atoms with Crippen LogP contribution in [0.4, 0.5) is 0 Å². The van der Waals surface area contributed by atoms with E-state index in [2.05, 4.69) is 43.0 Å². The Labute approximate surface area is 104 Å². The topological polar surface area (TPSA) is 3.24 Å². The first kappa shape index (κ1) is 10.1. The lowest BCUT2D eigenvalue weighted by Gasteiger charge is -2.50. The minimum Gasteiger partial charge on any atom is -0.299 e. The van der Waals surface area contributed by atoms with Crippen molar-refractivity contribution in [2.45, 2.75) is 44.1 Å². The summed E-state index contributed by atoms with van der Waals surface area (Å²) in [5, 5.41) is 0. The average Bonchev–Trinajstić information content (AvgIpc) is 2.69. The van der Waals surface area contributed by atoms with E-state index in [4.69, 9.17) is 0 Å². The minimum atomic E-state index is 0.438. The molecule has 2 fully saturated rings. The molecule has 2 heterocycles. The second-order valence-corrected chi connectivity index (χ2v) is 6.58. The number of hydrogen-bond acceptors (Lipinski definition) is 1. The fourth-order valence-corrected chi connectivity index (χ4v) is 4.79. The lowest BCUT2D eigenvalue weighted by Crippen LogP contribution is -2.52. The highest BCUT2D eigenvalue weighted by Gasteiger charge is 2.53. The number of piperidine rings is 1. The predicted molar refractivity (Wildman–Crippen MR) is 70.3 cm³/mol. The molecule has 0 spiro atoms. The van der Waals surface area contributed by atoms with Gasteiger partial charge < -0.3 is 0 Å². The van der Waals surface area contributed by atoms with E-state index in [0.29, 0.717) is 5.41 Å². The number of rotatable bonds is 0. The van der Waals surface area contributed by atoms with Gasteiger partial charge in [0.05, 0.1) is 0 Å². The van der Waals surface area contributed by atoms with Gasteiger partial charge in [-0.05, 0) is 42.3 Å². The standard InChI is InChI=1S/C16H21N/c1-11-10-17-8-7-16(2)14-6-4-3-5-12(14)13(11)9-15(16)17/h3-6,11,13,15H,7-10H2,1-2H3/t11-,13-,15-,16+/m1/s1. The lowest BCUT2D eigenvalue weighted by atomic mass is 9.61. The number of hydrogen-bond donors (Lipinski definition) is 0. The Morgan fingerprint density at radius 1 is 1.29 bits per heavy atom. The van der Waals surface area contributed by atoms with Gasteiger partial charge >= 0.3 is 0 Å². The maximum atomic E-state index is 2.76. The summed E-state index contributed by atoms with van der Waals surface area (Å²) in [6.07, 6.45) is 2.75. The van der Waals surface area contributed by atoms with Gasteiger partial charge in [-0.1, -0.05) is 38.1 Å². The Kier molecular flexibility index (Phi) is 1.87. The van der Waals surface area contributed by atoms with Crippen LogP contribution in [0.1, 0.15) is 43.7 Å². The SMILES string of the molecule is C[C@@H]1CN2CC[C@@]3(C)c4ccccc4[C@@H]1C[C@@H]23. The van der Waals surface area contributed by atoms with Crippen LogP contribution in [-0.4, -0.2) is 24.0 Å². The highest BCUT2D eigenvalue weighted by Crippen LogP contribution is 2.54. The Bertz CT molecular complexity index is 466. The van der Waals surface area contributed by atoms with E-state index in [1.165, 1.54) is 25.9 Å². The minimum absolute atomic E-state index is 0.438. The van der Waals surface area contributed by atoms with Gasteiger partial charge in [-0.2, -0.15) is 0 Å². The van der Waals surface area contributed by atoms with Gasteiger partial charge in [0.2, 0.25) is 0 Å². The van der Waals surface area contributed by atoms with E-state index < -0.39 is 0 Å². The Morgan fingerprint density at radius 2 is 2.12 bits per heavy atom. The third kappa shape index (κ3) is 1.14. The van der Waals surface area contributed by atoms with Crippen LogP contribution in [0.2, 0.25) is 0 Å². The van der Waals surface area contributed by atoms with Crippen LogP contribution in [0.3, 0.4) is 0 Å². The van der Waals surface area contributed by atoms with Crippen molar-refractivity contribution in [3.8, 4) is 0 Å². The van der Waals surface area contributed by atoms with Crippen molar-refractivity contribution in [2.75, 3.05) is 13.1 Å². The summed E-state index contributed by atoms with van der Waals surface area (Å²) in [5.41, 5.74) is 3.77. The largest absolute Gasteiger partial charge is 0.299 e. The highest BCUT2D eigenvalue weighted by molar-refractivity contribution is 5.43. The van der Waals surface area contributed by atoms with E-state index >= 15 is 0 Å². The lowest BCUT2D eigenvalue weighted by molar-refractivity contribution is 0.0946. The fraction of sp³-hybridized carbons (Fsp3) is 0.625. The zero-order chi connectivity index (χ0) is 11.6. The first-order valence-electron chi connectivity index (χ1n) is 7.03. The van der Waals surface area contributed by atoms with E-state index in [1.807, 2.05) is 0 Å². The molecular formula is C16H21N. The molecular weight excluding hydrogens is 206 g/mol. The molecule has 2 saturated heterocycles. The summed E-state index contributed by atoms with van der Waals surface area (Å²) >= 11 is 0. The quantitative estimate of drug-likeness (QED) is 0.658. The highest BCUT2D eigenvalue weighted by atomic mass is 15.2. The van der Waals surface area contributed by atoms with Gasteiger partial charge in [0.15, 0.2) is 0 Å². The molecule has 3 aliphatic rings. The Balaban J connectivity index is 1.96. The van der Waals surface area contributed by atoms with Crippen molar-refractivity contribution < 1.29 is 0 Å². The molecule has 1 aromatic rings. The summed E-state index contributed by atoms with van der Waals surface area (Å²) < 4.78 is 0. The molecule has 2 aliphatic heterocycles.